The molecule has 10 heteroatoms. The number of benzene rings is 2. The largest absolute Gasteiger partial charge is 0.289 e. The molecule has 36 heavy (non-hydrogen) atoms. The third-order valence-electron chi connectivity index (χ3n) is 8.21. The van der Waals surface area contributed by atoms with E-state index in [1.165, 1.54) is 29.2 Å². The van der Waals surface area contributed by atoms with E-state index in [4.69, 9.17) is 11.6 Å². The highest BCUT2D eigenvalue weighted by molar-refractivity contribution is 9.10. The second-order valence-corrected chi connectivity index (χ2v) is 11.1. The van der Waals surface area contributed by atoms with Crippen LogP contribution in [-0.2, 0) is 9.59 Å². The number of hydrogen-bond acceptors (Lipinski definition) is 5. The number of hydrogen-bond donors (Lipinski definition) is 0. The van der Waals surface area contributed by atoms with Crippen molar-refractivity contribution in [1.82, 2.24) is 4.90 Å². The number of halogens is 2. The van der Waals surface area contributed by atoms with Crippen LogP contribution in [0, 0.1) is 52.5 Å². The van der Waals surface area contributed by atoms with Crippen molar-refractivity contribution in [3.63, 3.8) is 0 Å². The standard InChI is InChI=1S/C26H21BrClN3O5/c1-12-19(9-8-18(27)23(12)28)29(24(32)15-4-2-3-5-20(15)31(35)36)11-30-25(33)21-13-6-7-14(17-10-16(13)17)22(21)26(30)34/h2-9,13-14,16-17,21-22H,10-11H2,1H3. The molecule has 5 aliphatic rings. The number of amides is 3. The van der Waals surface area contributed by atoms with Crippen LogP contribution >= 0.6 is 27.5 Å². The lowest BCUT2D eigenvalue weighted by molar-refractivity contribution is -0.385. The number of imide groups is 1. The van der Waals surface area contributed by atoms with Crippen molar-refractivity contribution in [3.05, 3.63) is 79.3 Å². The first kappa shape index (κ1) is 23.4. The lowest BCUT2D eigenvalue weighted by Crippen LogP contribution is -2.45. The maximum atomic E-state index is 13.8. The summed E-state index contributed by atoms with van der Waals surface area (Å²) >= 11 is 9.82. The second-order valence-electron chi connectivity index (χ2n) is 9.91. The molecule has 2 bridgehead atoms. The van der Waals surface area contributed by atoms with Crippen LogP contribution < -0.4 is 4.90 Å². The first-order chi connectivity index (χ1) is 17.2. The summed E-state index contributed by atoms with van der Waals surface area (Å²) in [5.74, 6) is -1.06. The van der Waals surface area contributed by atoms with E-state index in [0.717, 1.165) is 11.3 Å². The molecule has 3 fully saturated rings. The summed E-state index contributed by atoms with van der Waals surface area (Å²) in [4.78, 5) is 54.5. The zero-order chi connectivity index (χ0) is 25.5. The summed E-state index contributed by atoms with van der Waals surface area (Å²) < 4.78 is 0.615. The molecule has 8 nitrogen and oxygen atoms in total. The Labute approximate surface area is 220 Å². The number of para-hydroxylation sites is 1. The number of anilines is 1. The molecule has 7 rings (SSSR count). The van der Waals surface area contributed by atoms with Gasteiger partial charge in [0, 0.05) is 10.5 Å². The molecule has 1 aliphatic heterocycles. The minimum absolute atomic E-state index is 0.0506. The van der Waals surface area contributed by atoms with Crippen LogP contribution in [0.1, 0.15) is 22.3 Å². The maximum absolute atomic E-state index is 13.8. The fourth-order valence-corrected chi connectivity index (χ4v) is 7.03. The van der Waals surface area contributed by atoms with Crippen molar-refractivity contribution in [1.29, 1.82) is 0 Å². The third-order valence-corrected chi connectivity index (χ3v) is 9.59. The predicted octanol–water partition coefficient (Wildman–Crippen LogP) is 4.98. The molecule has 0 N–H and O–H groups in total. The van der Waals surface area contributed by atoms with E-state index in [1.807, 2.05) is 0 Å². The van der Waals surface area contributed by atoms with Crippen LogP contribution in [-0.4, -0.2) is 34.2 Å². The summed E-state index contributed by atoms with van der Waals surface area (Å²) in [6.45, 7) is 1.37. The SMILES string of the molecule is Cc1c(N(CN2C(=O)C3C4C=CC(C5CC45)C3C2=O)C(=O)c2ccccc2[N+](=O)[O-])ccc(Br)c1Cl. The summed E-state index contributed by atoms with van der Waals surface area (Å²) in [5.41, 5.74) is 0.409. The van der Waals surface area contributed by atoms with Gasteiger partial charge in [0.05, 0.1) is 27.5 Å². The minimum Gasteiger partial charge on any atom is -0.289 e. The minimum atomic E-state index is -0.691. The van der Waals surface area contributed by atoms with Gasteiger partial charge < -0.3 is 0 Å². The highest BCUT2D eigenvalue weighted by atomic mass is 79.9. The molecule has 4 aliphatic carbocycles. The average molecular weight is 571 g/mol. The molecule has 1 saturated heterocycles. The zero-order valence-corrected chi connectivity index (χ0v) is 21.5. The molecule has 6 unspecified atom stereocenters. The number of nitro benzene ring substituents is 1. The molecule has 0 spiro atoms. The normalized spacial score (nSPS) is 29.2. The Kier molecular flexibility index (Phi) is 5.35. The van der Waals surface area contributed by atoms with Crippen LogP contribution in [0.3, 0.4) is 0 Å². The van der Waals surface area contributed by atoms with E-state index in [0.29, 0.717) is 32.6 Å². The van der Waals surface area contributed by atoms with Crippen LogP contribution in [0.4, 0.5) is 11.4 Å². The highest BCUT2D eigenvalue weighted by Crippen LogP contribution is 2.65. The summed E-state index contributed by atoms with van der Waals surface area (Å²) in [6, 6.07) is 8.95. The Morgan fingerprint density at radius 1 is 1.11 bits per heavy atom. The van der Waals surface area contributed by atoms with E-state index in [-0.39, 0.29) is 41.6 Å². The fraction of sp³-hybridized carbons (Fsp3) is 0.346. The van der Waals surface area contributed by atoms with E-state index in [1.54, 1.807) is 19.1 Å². The maximum Gasteiger partial charge on any atom is 0.282 e. The van der Waals surface area contributed by atoms with Gasteiger partial charge in [-0.05, 0) is 76.7 Å². The van der Waals surface area contributed by atoms with Gasteiger partial charge >= 0.3 is 0 Å². The molecule has 2 aromatic rings. The average Bonchev–Trinajstić information content (AvgIpc) is 3.66. The van der Waals surface area contributed by atoms with Crippen LogP contribution in [0.5, 0.6) is 0 Å². The topological polar surface area (TPSA) is 101 Å². The molecular formula is C26H21BrClN3O5. The van der Waals surface area contributed by atoms with Gasteiger partial charge in [0.1, 0.15) is 12.2 Å². The quantitative estimate of drug-likeness (QED) is 0.219. The summed E-state index contributed by atoms with van der Waals surface area (Å²) in [7, 11) is 0. The monoisotopic (exact) mass is 569 g/mol. The van der Waals surface area contributed by atoms with Gasteiger partial charge in [-0.1, -0.05) is 35.9 Å². The molecule has 184 valence electrons. The van der Waals surface area contributed by atoms with Gasteiger partial charge in [-0.25, -0.2) is 0 Å². The third kappa shape index (κ3) is 3.29. The Morgan fingerprint density at radius 3 is 2.33 bits per heavy atom. The van der Waals surface area contributed by atoms with Crippen molar-refractivity contribution >= 4 is 56.6 Å². The van der Waals surface area contributed by atoms with Crippen molar-refractivity contribution in [2.75, 3.05) is 11.6 Å². The highest BCUT2D eigenvalue weighted by Gasteiger charge is 2.67. The Morgan fingerprint density at radius 2 is 1.72 bits per heavy atom. The van der Waals surface area contributed by atoms with Gasteiger partial charge in [-0.2, -0.15) is 0 Å². The first-order valence-electron chi connectivity index (χ1n) is 11.7. The van der Waals surface area contributed by atoms with Gasteiger partial charge in [0.25, 0.3) is 11.6 Å². The lowest BCUT2D eigenvalue weighted by Gasteiger charge is -2.37. The van der Waals surface area contributed by atoms with Gasteiger partial charge in [-0.3, -0.25) is 34.3 Å². The smallest absolute Gasteiger partial charge is 0.282 e. The summed E-state index contributed by atoms with van der Waals surface area (Å²) in [5, 5.41) is 12.0. The van der Waals surface area contributed by atoms with Crippen molar-refractivity contribution in [3.8, 4) is 0 Å². The first-order valence-corrected chi connectivity index (χ1v) is 12.9. The Bertz CT molecular complexity index is 1360. The zero-order valence-electron chi connectivity index (χ0n) is 19.1. The van der Waals surface area contributed by atoms with Crippen LogP contribution in [0.2, 0.25) is 5.02 Å². The molecule has 1 heterocycles. The number of allylic oxidation sites excluding steroid dienone is 2. The second kappa shape index (κ2) is 8.24. The number of carbonyl (C=O) groups excluding carboxylic acids is 3. The number of nitrogens with zero attached hydrogens (tertiary/aromatic N) is 3. The van der Waals surface area contributed by atoms with Gasteiger partial charge in [0.15, 0.2) is 0 Å². The number of carbonyl (C=O) groups is 3. The number of nitro groups is 1. The molecule has 0 radical (unpaired) electrons. The van der Waals surface area contributed by atoms with E-state index in [2.05, 4.69) is 28.1 Å². The van der Waals surface area contributed by atoms with Gasteiger partial charge in [0.2, 0.25) is 11.8 Å². The molecule has 0 aromatic heterocycles. The van der Waals surface area contributed by atoms with Crippen LogP contribution in [0.15, 0.2) is 53.0 Å². The number of likely N-dealkylation sites (tertiary alicyclic amines) is 1. The Hall–Kier alpha value is -3.04. The molecule has 6 atom stereocenters. The lowest BCUT2D eigenvalue weighted by atomic mass is 9.63. The van der Waals surface area contributed by atoms with E-state index in [9.17, 15) is 24.5 Å². The fourth-order valence-electron chi connectivity index (χ4n) is 6.44. The van der Waals surface area contributed by atoms with Crippen molar-refractivity contribution < 1.29 is 19.3 Å². The van der Waals surface area contributed by atoms with E-state index >= 15 is 0 Å². The van der Waals surface area contributed by atoms with E-state index < -0.39 is 22.7 Å². The van der Waals surface area contributed by atoms with Gasteiger partial charge in [-0.15, -0.1) is 0 Å². The van der Waals surface area contributed by atoms with Crippen LogP contribution in [0.25, 0.3) is 0 Å². The predicted molar refractivity (Wildman–Crippen MR) is 135 cm³/mol. The molecule has 3 amide bonds. The Balaban J connectivity index is 1.41. The number of rotatable bonds is 5. The van der Waals surface area contributed by atoms with Crippen molar-refractivity contribution in [2.24, 2.45) is 35.5 Å². The summed E-state index contributed by atoms with van der Waals surface area (Å²) in [6.07, 6.45) is 5.22. The van der Waals surface area contributed by atoms with Crippen molar-refractivity contribution in [2.45, 2.75) is 13.3 Å². The molecular weight excluding hydrogens is 550 g/mol. The molecule has 2 aromatic carbocycles. The molecule has 2 saturated carbocycles.